The molecule has 146 valence electrons. The van der Waals surface area contributed by atoms with E-state index in [0.717, 1.165) is 17.8 Å². The van der Waals surface area contributed by atoms with Crippen molar-refractivity contribution in [3.8, 4) is 0 Å². The lowest BCUT2D eigenvalue weighted by molar-refractivity contribution is 0.0204. The SMILES string of the molecule is CC(C)(C)OC(=O)Nc1csc(C2CCN(C(=O)OC(C)(C)C)CC2)n1. The van der Waals surface area contributed by atoms with Gasteiger partial charge in [-0.3, -0.25) is 5.32 Å². The summed E-state index contributed by atoms with van der Waals surface area (Å²) in [7, 11) is 0. The van der Waals surface area contributed by atoms with Gasteiger partial charge in [0.1, 0.15) is 17.0 Å². The summed E-state index contributed by atoms with van der Waals surface area (Å²) in [5.74, 6) is 0.793. The van der Waals surface area contributed by atoms with Crippen molar-refractivity contribution in [1.82, 2.24) is 9.88 Å². The molecule has 0 aliphatic carbocycles. The summed E-state index contributed by atoms with van der Waals surface area (Å²) >= 11 is 1.52. The second-order valence-corrected chi connectivity index (χ2v) is 9.33. The number of nitrogens with one attached hydrogen (secondary N) is 1. The molecule has 1 fully saturated rings. The van der Waals surface area contributed by atoms with Crippen molar-refractivity contribution in [2.75, 3.05) is 18.4 Å². The first-order chi connectivity index (χ1) is 11.9. The summed E-state index contributed by atoms with van der Waals surface area (Å²) in [5, 5.41) is 5.46. The Kier molecular flexibility index (Phi) is 6.16. The molecule has 8 heteroatoms. The zero-order valence-corrected chi connectivity index (χ0v) is 17.2. The lowest BCUT2D eigenvalue weighted by atomic mass is 9.98. The van der Waals surface area contributed by atoms with Gasteiger partial charge in [-0.15, -0.1) is 11.3 Å². The number of thiazole rings is 1. The molecule has 0 saturated carbocycles. The van der Waals surface area contributed by atoms with Gasteiger partial charge in [0.15, 0.2) is 0 Å². The van der Waals surface area contributed by atoms with Crippen molar-refractivity contribution in [1.29, 1.82) is 0 Å². The van der Waals surface area contributed by atoms with Gasteiger partial charge in [-0.1, -0.05) is 0 Å². The number of anilines is 1. The van der Waals surface area contributed by atoms with Gasteiger partial charge in [0, 0.05) is 24.4 Å². The van der Waals surface area contributed by atoms with Crippen molar-refractivity contribution in [2.45, 2.75) is 71.5 Å². The number of likely N-dealkylation sites (tertiary alicyclic amines) is 1. The Morgan fingerprint density at radius 3 is 2.23 bits per heavy atom. The van der Waals surface area contributed by atoms with Gasteiger partial charge in [-0.25, -0.2) is 14.6 Å². The quantitative estimate of drug-likeness (QED) is 0.807. The van der Waals surface area contributed by atoms with Crippen LogP contribution >= 0.6 is 11.3 Å². The molecule has 2 heterocycles. The van der Waals surface area contributed by atoms with Crippen molar-refractivity contribution in [3.63, 3.8) is 0 Å². The van der Waals surface area contributed by atoms with Gasteiger partial charge >= 0.3 is 12.2 Å². The minimum absolute atomic E-state index is 0.262. The zero-order valence-electron chi connectivity index (χ0n) is 16.4. The molecule has 1 aliphatic rings. The third kappa shape index (κ3) is 6.48. The van der Waals surface area contributed by atoms with E-state index in [1.807, 2.05) is 46.9 Å². The van der Waals surface area contributed by atoms with Crippen LogP contribution in [0.4, 0.5) is 15.4 Å². The molecule has 2 rings (SSSR count). The van der Waals surface area contributed by atoms with Crippen LogP contribution in [0.1, 0.15) is 65.3 Å². The first-order valence-electron chi connectivity index (χ1n) is 8.86. The summed E-state index contributed by atoms with van der Waals surface area (Å²) in [6.45, 7) is 12.3. The number of hydrogen-bond acceptors (Lipinski definition) is 6. The highest BCUT2D eigenvalue weighted by molar-refractivity contribution is 7.10. The number of carbonyl (C=O) groups is 2. The van der Waals surface area contributed by atoms with E-state index in [0.29, 0.717) is 18.9 Å². The van der Waals surface area contributed by atoms with Crippen LogP contribution in [0.25, 0.3) is 0 Å². The van der Waals surface area contributed by atoms with Crippen molar-refractivity contribution >= 4 is 29.3 Å². The fourth-order valence-corrected chi connectivity index (χ4v) is 3.50. The minimum Gasteiger partial charge on any atom is -0.444 e. The van der Waals surface area contributed by atoms with Crippen LogP contribution < -0.4 is 5.32 Å². The summed E-state index contributed by atoms with van der Waals surface area (Å²) < 4.78 is 10.7. The number of ether oxygens (including phenoxy) is 2. The van der Waals surface area contributed by atoms with Crippen molar-refractivity contribution in [2.24, 2.45) is 0 Å². The van der Waals surface area contributed by atoms with Gasteiger partial charge < -0.3 is 14.4 Å². The Labute approximate surface area is 159 Å². The highest BCUT2D eigenvalue weighted by atomic mass is 32.1. The second-order valence-electron chi connectivity index (χ2n) is 8.44. The Hall–Kier alpha value is -1.83. The molecule has 0 atom stereocenters. The highest BCUT2D eigenvalue weighted by Crippen LogP contribution is 2.32. The Morgan fingerprint density at radius 1 is 1.12 bits per heavy atom. The summed E-state index contributed by atoms with van der Waals surface area (Å²) in [4.78, 5) is 30.2. The topological polar surface area (TPSA) is 80.8 Å². The van der Waals surface area contributed by atoms with Crippen LogP contribution in [0.3, 0.4) is 0 Å². The molecule has 0 aromatic carbocycles. The predicted octanol–water partition coefficient (Wildman–Crippen LogP) is 4.60. The molecule has 0 bridgehead atoms. The number of carbonyl (C=O) groups excluding carboxylic acids is 2. The van der Waals surface area contributed by atoms with Crippen LogP contribution in [-0.4, -0.2) is 46.4 Å². The summed E-state index contributed by atoms with van der Waals surface area (Å²) in [6.07, 6.45) is 0.897. The minimum atomic E-state index is -0.544. The van der Waals surface area contributed by atoms with E-state index in [-0.39, 0.29) is 12.0 Å². The molecule has 2 amide bonds. The molecule has 0 unspecified atom stereocenters. The monoisotopic (exact) mass is 383 g/mol. The molecule has 0 spiro atoms. The Morgan fingerprint density at radius 2 is 1.69 bits per heavy atom. The van der Waals surface area contributed by atoms with E-state index in [4.69, 9.17) is 9.47 Å². The van der Waals surface area contributed by atoms with Gasteiger partial charge in [-0.05, 0) is 54.4 Å². The fourth-order valence-electron chi connectivity index (χ4n) is 2.58. The number of hydrogen-bond donors (Lipinski definition) is 1. The average molecular weight is 384 g/mol. The van der Waals surface area contributed by atoms with Crippen molar-refractivity contribution < 1.29 is 19.1 Å². The van der Waals surface area contributed by atoms with E-state index < -0.39 is 17.3 Å². The highest BCUT2D eigenvalue weighted by Gasteiger charge is 2.29. The Balaban J connectivity index is 1.86. The number of piperidine rings is 1. The molecule has 1 aromatic rings. The predicted molar refractivity (Wildman–Crippen MR) is 102 cm³/mol. The van der Waals surface area contributed by atoms with E-state index in [1.165, 1.54) is 11.3 Å². The average Bonchev–Trinajstić information content (AvgIpc) is 2.92. The molecular formula is C18H29N3O4S. The first-order valence-corrected chi connectivity index (χ1v) is 9.74. The number of aromatic nitrogens is 1. The third-order valence-electron chi connectivity index (χ3n) is 3.65. The van der Waals surface area contributed by atoms with E-state index in [9.17, 15) is 9.59 Å². The van der Waals surface area contributed by atoms with Crippen LogP contribution in [-0.2, 0) is 9.47 Å². The molecule has 26 heavy (non-hydrogen) atoms. The molecule has 7 nitrogen and oxygen atoms in total. The van der Waals surface area contributed by atoms with Gasteiger partial charge in [-0.2, -0.15) is 0 Å². The summed E-state index contributed by atoms with van der Waals surface area (Å²) in [5.41, 5.74) is -1.02. The van der Waals surface area contributed by atoms with E-state index in [1.54, 1.807) is 4.90 Å². The van der Waals surface area contributed by atoms with Crippen LogP contribution in [0.5, 0.6) is 0 Å². The van der Waals surface area contributed by atoms with Crippen LogP contribution in [0.15, 0.2) is 5.38 Å². The standard InChI is InChI=1S/C18H29N3O4S/c1-17(2,3)24-15(22)20-13-11-26-14(19-13)12-7-9-21(10-8-12)16(23)25-18(4,5)6/h11-12H,7-10H2,1-6H3,(H,20,22). The van der Waals surface area contributed by atoms with Crippen LogP contribution in [0.2, 0.25) is 0 Å². The van der Waals surface area contributed by atoms with Gasteiger partial charge in [0.25, 0.3) is 0 Å². The van der Waals surface area contributed by atoms with Gasteiger partial charge in [0.2, 0.25) is 0 Å². The maximum Gasteiger partial charge on any atom is 0.413 e. The molecule has 1 N–H and O–H groups in total. The largest absolute Gasteiger partial charge is 0.444 e. The van der Waals surface area contributed by atoms with Crippen LogP contribution in [0, 0.1) is 0 Å². The summed E-state index contributed by atoms with van der Waals surface area (Å²) in [6, 6.07) is 0. The molecular weight excluding hydrogens is 354 g/mol. The van der Waals surface area contributed by atoms with Crippen molar-refractivity contribution in [3.05, 3.63) is 10.4 Å². The van der Waals surface area contributed by atoms with Gasteiger partial charge in [0.05, 0.1) is 5.01 Å². The molecule has 1 saturated heterocycles. The lowest BCUT2D eigenvalue weighted by Crippen LogP contribution is -2.41. The van der Waals surface area contributed by atoms with E-state index >= 15 is 0 Å². The molecule has 1 aromatic heterocycles. The number of rotatable bonds is 2. The maximum atomic E-state index is 12.1. The normalized spacial score (nSPS) is 16.3. The lowest BCUT2D eigenvalue weighted by Gasteiger charge is -2.32. The number of nitrogens with zero attached hydrogens (tertiary/aromatic N) is 2. The first kappa shape index (κ1) is 20.5. The second kappa shape index (κ2) is 7.82. The molecule has 1 aliphatic heterocycles. The van der Waals surface area contributed by atoms with E-state index in [2.05, 4.69) is 10.3 Å². The maximum absolute atomic E-state index is 12.1. The smallest absolute Gasteiger partial charge is 0.413 e. The number of amides is 2. The molecule has 0 radical (unpaired) electrons. The third-order valence-corrected chi connectivity index (χ3v) is 4.65. The Bertz CT molecular complexity index is 638. The fraction of sp³-hybridized carbons (Fsp3) is 0.722. The zero-order chi connectivity index (χ0) is 19.5.